The van der Waals surface area contributed by atoms with Gasteiger partial charge in [0.1, 0.15) is 11.9 Å². The number of hydrogen-bond acceptors (Lipinski definition) is 6. The summed E-state index contributed by atoms with van der Waals surface area (Å²) in [6, 6.07) is 22.2. The molecule has 3 aromatic rings. The van der Waals surface area contributed by atoms with Crippen molar-refractivity contribution in [1.29, 1.82) is 0 Å². The molecule has 1 saturated heterocycles. The van der Waals surface area contributed by atoms with Gasteiger partial charge >= 0.3 is 6.03 Å². The van der Waals surface area contributed by atoms with Gasteiger partial charge < -0.3 is 30.3 Å². The van der Waals surface area contributed by atoms with Crippen molar-refractivity contribution in [2.24, 2.45) is 4.99 Å². The summed E-state index contributed by atoms with van der Waals surface area (Å²) in [4.78, 5) is 32.6. The molecule has 2 heterocycles. The molecule has 0 unspecified atom stereocenters. The van der Waals surface area contributed by atoms with Crippen molar-refractivity contribution in [3.8, 4) is 0 Å². The van der Waals surface area contributed by atoms with Crippen LogP contribution in [-0.2, 0) is 14.3 Å². The average Bonchev–Trinajstić information content (AvgIpc) is 3.33. The van der Waals surface area contributed by atoms with Gasteiger partial charge in [0.25, 0.3) is 0 Å². The summed E-state index contributed by atoms with van der Waals surface area (Å²) in [7, 11) is 2.00. The Hall–Kier alpha value is -3.92. The lowest BCUT2D eigenvalue weighted by atomic mass is 10.1. The van der Waals surface area contributed by atoms with Crippen LogP contribution in [0.15, 0.2) is 83.9 Å². The van der Waals surface area contributed by atoms with E-state index in [0.29, 0.717) is 16.4 Å². The van der Waals surface area contributed by atoms with Gasteiger partial charge in [-0.25, -0.2) is 4.79 Å². The highest BCUT2D eigenvalue weighted by molar-refractivity contribution is 6.30. The zero-order chi connectivity index (χ0) is 26.5. The SMILES string of the molecule is CN1CCN=C1c1ccc(NC(=O)[C@H](CC2OC(c3ccccc3)O2)NC(=O)Nc2ccc(Cl)cc2)cc1. The van der Waals surface area contributed by atoms with Crippen molar-refractivity contribution in [2.45, 2.75) is 25.0 Å². The standard InChI is InChI=1S/C28H28ClN5O4/c1-34-16-15-30-25(34)18-7-11-21(12-8-18)31-26(35)23(33-28(36)32-22-13-9-20(29)10-14-22)17-24-37-27(38-24)19-5-3-2-4-6-19/h2-14,23-24,27H,15-17H2,1H3,(H,31,35)(H2,32,33,36)/t23-,24?,27?/m0/s1. The molecule has 0 radical (unpaired) electrons. The van der Waals surface area contributed by atoms with E-state index in [9.17, 15) is 9.59 Å². The quantitative estimate of drug-likeness (QED) is 0.392. The second-order valence-electron chi connectivity index (χ2n) is 9.03. The number of carbonyl (C=O) groups is 2. The van der Waals surface area contributed by atoms with Crippen molar-refractivity contribution in [3.05, 3.63) is 95.0 Å². The van der Waals surface area contributed by atoms with Crippen LogP contribution in [0.4, 0.5) is 16.2 Å². The molecule has 196 valence electrons. The number of anilines is 2. The van der Waals surface area contributed by atoms with E-state index in [2.05, 4.69) is 25.8 Å². The van der Waals surface area contributed by atoms with Crippen molar-refractivity contribution >= 4 is 40.7 Å². The van der Waals surface area contributed by atoms with Gasteiger partial charge in [-0.15, -0.1) is 0 Å². The topological polar surface area (TPSA) is 104 Å². The van der Waals surface area contributed by atoms with Crippen LogP contribution >= 0.6 is 11.6 Å². The molecule has 3 N–H and O–H groups in total. The molecule has 1 atom stereocenters. The Morgan fingerprint density at radius 3 is 2.29 bits per heavy atom. The second kappa shape index (κ2) is 11.6. The number of rotatable bonds is 8. The number of urea groups is 1. The smallest absolute Gasteiger partial charge is 0.319 e. The van der Waals surface area contributed by atoms with E-state index in [4.69, 9.17) is 21.1 Å². The van der Waals surface area contributed by atoms with Crippen LogP contribution in [0.25, 0.3) is 0 Å². The summed E-state index contributed by atoms with van der Waals surface area (Å²) in [5.41, 5.74) is 3.00. The summed E-state index contributed by atoms with van der Waals surface area (Å²) in [5.74, 6) is 0.531. The van der Waals surface area contributed by atoms with E-state index in [1.165, 1.54) is 0 Å². The molecular formula is C28H28ClN5O4. The minimum atomic E-state index is -0.922. The lowest BCUT2D eigenvalue weighted by Gasteiger charge is -2.37. The molecule has 1 fully saturated rings. The Morgan fingerprint density at radius 2 is 1.63 bits per heavy atom. The molecule has 3 aromatic carbocycles. The van der Waals surface area contributed by atoms with Crippen LogP contribution in [0.2, 0.25) is 5.02 Å². The summed E-state index contributed by atoms with van der Waals surface area (Å²) in [5, 5.41) is 8.89. The average molecular weight is 534 g/mol. The first kappa shape index (κ1) is 25.7. The minimum absolute atomic E-state index is 0.128. The normalized spacial score (nSPS) is 19.2. The van der Waals surface area contributed by atoms with E-state index in [-0.39, 0.29) is 6.42 Å². The molecule has 5 rings (SSSR count). The van der Waals surface area contributed by atoms with E-state index in [1.807, 2.05) is 61.6 Å². The van der Waals surface area contributed by atoms with Gasteiger partial charge in [0, 0.05) is 47.5 Å². The van der Waals surface area contributed by atoms with Crippen molar-refractivity contribution in [1.82, 2.24) is 10.2 Å². The van der Waals surface area contributed by atoms with Crippen molar-refractivity contribution in [3.63, 3.8) is 0 Å². The number of aliphatic imine (C=N–C) groups is 1. The number of likely N-dealkylation sites (N-methyl/N-ethyl adjacent to an activating group) is 1. The van der Waals surface area contributed by atoms with Crippen LogP contribution in [-0.4, -0.2) is 55.1 Å². The number of nitrogens with zero attached hydrogens (tertiary/aromatic N) is 2. The highest BCUT2D eigenvalue weighted by Gasteiger charge is 2.36. The number of carbonyl (C=O) groups excluding carboxylic acids is 2. The third kappa shape index (κ3) is 6.31. The van der Waals surface area contributed by atoms with E-state index >= 15 is 0 Å². The number of benzene rings is 3. The molecule has 0 aromatic heterocycles. The lowest BCUT2D eigenvalue weighted by Crippen LogP contribution is -2.50. The molecule has 0 aliphatic carbocycles. The summed E-state index contributed by atoms with van der Waals surface area (Å²) in [6.45, 7) is 1.65. The van der Waals surface area contributed by atoms with Gasteiger partial charge in [0.15, 0.2) is 12.6 Å². The maximum absolute atomic E-state index is 13.3. The Balaban J connectivity index is 1.23. The number of amides is 3. The highest BCUT2D eigenvalue weighted by Crippen LogP contribution is 2.33. The number of amidine groups is 1. The van der Waals surface area contributed by atoms with Gasteiger partial charge in [0.05, 0.1) is 6.54 Å². The lowest BCUT2D eigenvalue weighted by molar-refractivity contribution is -0.392. The predicted molar refractivity (Wildman–Crippen MR) is 146 cm³/mol. The number of nitrogens with one attached hydrogen (secondary N) is 3. The van der Waals surface area contributed by atoms with E-state index in [1.54, 1.807) is 24.3 Å². The molecule has 10 heteroatoms. The zero-order valence-corrected chi connectivity index (χ0v) is 21.5. The maximum atomic E-state index is 13.3. The van der Waals surface area contributed by atoms with E-state index in [0.717, 1.165) is 30.1 Å². The first-order valence-electron chi connectivity index (χ1n) is 12.3. The minimum Gasteiger partial charge on any atom is -0.358 e. The summed E-state index contributed by atoms with van der Waals surface area (Å²) >= 11 is 5.92. The molecule has 3 amide bonds. The largest absolute Gasteiger partial charge is 0.358 e. The van der Waals surface area contributed by atoms with Crippen molar-refractivity contribution < 1.29 is 19.1 Å². The zero-order valence-electron chi connectivity index (χ0n) is 20.8. The van der Waals surface area contributed by atoms with Gasteiger partial charge in [-0.1, -0.05) is 41.9 Å². The third-order valence-corrected chi connectivity index (χ3v) is 6.50. The summed E-state index contributed by atoms with van der Waals surface area (Å²) in [6.07, 6.45) is -1.02. The van der Waals surface area contributed by atoms with Crippen LogP contribution in [0.1, 0.15) is 23.8 Å². The first-order chi connectivity index (χ1) is 18.4. The molecule has 0 spiro atoms. The molecule has 0 bridgehead atoms. The fourth-order valence-electron chi connectivity index (χ4n) is 4.22. The van der Waals surface area contributed by atoms with Gasteiger partial charge in [0.2, 0.25) is 5.91 Å². The van der Waals surface area contributed by atoms with E-state index < -0.39 is 30.6 Å². The number of ether oxygens (including phenoxy) is 2. The van der Waals surface area contributed by atoms with Crippen LogP contribution < -0.4 is 16.0 Å². The monoisotopic (exact) mass is 533 g/mol. The molecular weight excluding hydrogens is 506 g/mol. The molecule has 9 nitrogen and oxygen atoms in total. The predicted octanol–water partition coefficient (Wildman–Crippen LogP) is 4.62. The molecule has 2 aliphatic heterocycles. The second-order valence-corrected chi connectivity index (χ2v) is 9.47. The third-order valence-electron chi connectivity index (χ3n) is 6.24. The van der Waals surface area contributed by atoms with Gasteiger partial charge in [-0.05, 0) is 48.5 Å². The van der Waals surface area contributed by atoms with Gasteiger partial charge in [-0.3, -0.25) is 9.79 Å². The number of hydrogen-bond donors (Lipinski definition) is 3. The highest BCUT2D eigenvalue weighted by atomic mass is 35.5. The van der Waals surface area contributed by atoms with Gasteiger partial charge in [-0.2, -0.15) is 0 Å². The fraction of sp³-hybridized carbons (Fsp3) is 0.250. The van der Waals surface area contributed by atoms with Crippen molar-refractivity contribution in [2.75, 3.05) is 30.8 Å². The maximum Gasteiger partial charge on any atom is 0.319 e. The Kier molecular flexibility index (Phi) is 7.88. The Labute approximate surface area is 225 Å². The molecule has 38 heavy (non-hydrogen) atoms. The van der Waals surface area contributed by atoms with Crippen LogP contribution in [0, 0.1) is 0 Å². The molecule has 0 saturated carbocycles. The summed E-state index contributed by atoms with van der Waals surface area (Å²) < 4.78 is 11.7. The Morgan fingerprint density at radius 1 is 0.974 bits per heavy atom. The van der Waals surface area contributed by atoms with Crippen LogP contribution in [0.5, 0.6) is 0 Å². The first-order valence-corrected chi connectivity index (χ1v) is 12.7. The fourth-order valence-corrected chi connectivity index (χ4v) is 4.35. The van der Waals surface area contributed by atoms with Crippen LogP contribution in [0.3, 0.4) is 0 Å². The number of halogens is 1. The Bertz CT molecular complexity index is 1300. The molecule has 2 aliphatic rings.